The van der Waals surface area contributed by atoms with Crippen LogP contribution in [0, 0.1) is 0 Å². The van der Waals surface area contributed by atoms with Crippen molar-refractivity contribution in [2.45, 2.75) is 37.5 Å². The SMILES string of the molecule is CCCCc1ccc(NS(=O)c2cccc(C(=O)N3CCN(c4ccnc5c4C=CC5)CC3)c2)cc1. The van der Waals surface area contributed by atoms with E-state index in [0.29, 0.717) is 23.5 Å². The molecule has 186 valence electrons. The summed E-state index contributed by atoms with van der Waals surface area (Å²) in [6, 6.07) is 17.3. The Hall–Kier alpha value is -3.45. The molecule has 36 heavy (non-hydrogen) atoms. The fraction of sp³-hybridized carbons (Fsp3) is 0.310. The zero-order chi connectivity index (χ0) is 24.9. The summed E-state index contributed by atoms with van der Waals surface area (Å²) in [6.07, 6.45) is 10.4. The number of allylic oxidation sites excluding steroid dienone is 1. The Bertz CT molecular complexity index is 1280. The Balaban J connectivity index is 1.20. The lowest BCUT2D eigenvalue weighted by atomic mass is 10.1. The van der Waals surface area contributed by atoms with E-state index in [2.05, 4.69) is 51.9 Å². The molecule has 1 N–H and O–H groups in total. The second-order valence-corrected chi connectivity index (χ2v) is 10.5. The lowest BCUT2D eigenvalue weighted by molar-refractivity contribution is 0.0746. The molecule has 3 aromatic rings. The van der Waals surface area contributed by atoms with Crippen LogP contribution < -0.4 is 9.62 Å². The van der Waals surface area contributed by atoms with Crippen molar-refractivity contribution in [3.63, 3.8) is 0 Å². The van der Waals surface area contributed by atoms with Gasteiger partial charge in [-0.3, -0.25) is 9.78 Å². The quantitative estimate of drug-likeness (QED) is 0.468. The van der Waals surface area contributed by atoms with Gasteiger partial charge in [0.15, 0.2) is 0 Å². The number of carbonyl (C=O) groups excluding carboxylic acids is 1. The summed E-state index contributed by atoms with van der Waals surface area (Å²) < 4.78 is 16.0. The minimum atomic E-state index is -1.45. The number of hydrogen-bond acceptors (Lipinski definition) is 4. The number of fused-ring (bicyclic) bond motifs is 1. The highest BCUT2D eigenvalue weighted by molar-refractivity contribution is 7.86. The number of carbonyl (C=O) groups is 1. The van der Waals surface area contributed by atoms with Gasteiger partial charge in [-0.25, -0.2) is 4.21 Å². The molecule has 1 fully saturated rings. The second kappa shape index (κ2) is 11.1. The number of aromatic nitrogens is 1. The minimum Gasteiger partial charge on any atom is -0.367 e. The Morgan fingerprint density at radius 2 is 1.86 bits per heavy atom. The summed E-state index contributed by atoms with van der Waals surface area (Å²) >= 11 is 0. The molecule has 1 aliphatic heterocycles. The van der Waals surface area contributed by atoms with E-state index in [0.717, 1.165) is 43.7 Å². The maximum absolute atomic E-state index is 13.3. The van der Waals surface area contributed by atoms with E-state index < -0.39 is 11.0 Å². The van der Waals surface area contributed by atoms with E-state index in [9.17, 15) is 9.00 Å². The number of nitrogens with one attached hydrogen (secondary N) is 1. The van der Waals surface area contributed by atoms with Crippen LogP contribution in [0.25, 0.3) is 6.08 Å². The lowest BCUT2D eigenvalue weighted by Crippen LogP contribution is -2.49. The molecule has 1 saturated heterocycles. The average molecular weight is 501 g/mol. The predicted molar refractivity (Wildman–Crippen MR) is 147 cm³/mol. The van der Waals surface area contributed by atoms with Gasteiger partial charge in [0.25, 0.3) is 5.91 Å². The molecule has 0 saturated carbocycles. The molecule has 0 bridgehead atoms. The van der Waals surface area contributed by atoms with Crippen LogP contribution in [0.3, 0.4) is 0 Å². The summed E-state index contributed by atoms with van der Waals surface area (Å²) in [5.41, 5.74) is 6.18. The van der Waals surface area contributed by atoms with E-state index in [-0.39, 0.29) is 5.91 Å². The van der Waals surface area contributed by atoms with E-state index in [1.54, 1.807) is 24.3 Å². The highest BCUT2D eigenvalue weighted by Gasteiger charge is 2.25. The Morgan fingerprint density at radius 1 is 1.06 bits per heavy atom. The molecule has 5 rings (SSSR count). The number of anilines is 2. The molecule has 0 radical (unpaired) electrons. The Labute approximate surface area is 215 Å². The first-order valence-corrected chi connectivity index (χ1v) is 13.8. The largest absolute Gasteiger partial charge is 0.367 e. The van der Waals surface area contributed by atoms with Gasteiger partial charge in [-0.05, 0) is 54.8 Å². The third-order valence-electron chi connectivity index (χ3n) is 6.83. The van der Waals surface area contributed by atoms with Crippen LogP contribution in [0.4, 0.5) is 11.4 Å². The number of hydrogen-bond donors (Lipinski definition) is 1. The number of benzene rings is 2. The molecule has 2 aliphatic rings. The number of amides is 1. The van der Waals surface area contributed by atoms with E-state index in [1.165, 1.54) is 23.2 Å². The van der Waals surface area contributed by atoms with E-state index in [4.69, 9.17) is 0 Å². The van der Waals surface area contributed by atoms with Crippen LogP contribution in [0.2, 0.25) is 0 Å². The van der Waals surface area contributed by atoms with Gasteiger partial charge in [-0.15, -0.1) is 0 Å². The second-order valence-electron chi connectivity index (χ2n) is 9.28. The fourth-order valence-electron chi connectivity index (χ4n) is 4.78. The van der Waals surface area contributed by atoms with Crippen LogP contribution >= 0.6 is 0 Å². The van der Waals surface area contributed by atoms with Gasteiger partial charge >= 0.3 is 0 Å². The first kappa shape index (κ1) is 24.3. The number of unbranched alkanes of at least 4 members (excludes halogenated alkanes) is 1. The molecular weight excluding hydrogens is 468 g/mol. The standard InChI is InChI=1S/C29H32N4O2S/c1-2-3-6-22-11-13-24(14-12-22)31-36(35)25-8-4-7-23(21-25)29(34)33-19-17-32(18-20-33)28-15-16-30-27-10-5-9-26(27)28/h4-5,7-9,11-16,21,31H,2-3,6,10,17-20H2,1H3. The molecule has 7 heteroatoms. The number of nitrogens with zero attached hydrogens (tertiary/aromatic N) is 3. The van der Waals surface area contributed by atoms with Crippen LogP contribution in [0.15, 0.2) is 71.8 Å². The van der Waals surface area contributed by atoms with Crippen molar-refractivity contribution in [2.24, 2.45) is 0 Å². The van der Waals surface area contributed by atoms with Crippen LogP contribution in [-0.2, 0) is 23.8 Å². The molecule has 1 atom stereocenters. The van der Waals surface area contributed by atoms with Gasteiger partial charge < -0.3 is 14.5 Å². The molecule has 1 aliphatic carbocycles. The molecule has 1 unspecified atom stereocenters. The van der Waals surface area contributed by atoms with Crippen LogP contribution in [0.1, 0.15) is 46.9 Å². The number of pyridine rings is 1. The van der Waals surface area contributed by atoms with Crippen molar-refractivity contribution in [3.8, 4) is 0 Å². The monoisotopic (exact) mass is 500 g/mol. The number of rotatable bonds is 8. The normalized spacial score (nSPS) is 15.6. The molecule has 2 aromatic carbocycles. The number of piperazine rings is 1. The topological polar surface area (TPSA) is 65.5 Å². The van der Waals surface area contributed by atoms with E-state index in [1.807, 2.05) is 23.2 Å². The molecule has 1 aromatic heterocycles. The highest BCUT2D eigenvalue weighted by Crippen LogP contribution is 2.29. The summed E-state index contributed by atoms with van der Waals surface area (Å²) in [6.45, 7) is 5.03. The lowest BCUT2D eigenvalue weighted by Gasteiger charge is -2.36. The van der Waals surface area contributed by atoms with Gasteiger partial charge in [0.05, 0.1) is 10.6 Å². The summed E-state index contributed by atoms with van der Waals surface area (Å²) in [5.74, 6) is -0.0198. The third kappa shape index (κ3) is 5.36. The molecule has 6 nitrogen and oxygen atoms in total. The van der Waals surface area contributed by atoms with Gasteiger partial charge in [0, 0.05) is 61.3 Å². The van der Waals surface area contributed by atoms with Gasteiger partial charge in [-0.2, -0.15) is 0 Å². The predicted octanol–water partition coefficient (Wildman–Crippen LogP) is 5.09. The zero-order valence-electron chi connectivity index (χ0n) is 20.7. The van der Waals surface area contributed by atoms with Crippen molar-refractivity contribution >= 4 is 34.3 Å². The fourth-order valence-corrected chi connectivity index (χ4v) is 5.68. The van der Waals surface area contributed by atoms with Crippen molar-refractivity contribution in [3.05, 3.63) is 89.3 Å². The summed E-state index contributed by atoms with van der Waals surface area (Å²) in [7, 11) is -1.45. The van der Waals surface area contributed by atoms with Crippen molar-refractivity contribution in [1.82, 2.24) is 9.88 Å². The van der Waals surface area contributed by atoms with Crippen LogP contribution in [-0.4, -0.2) is 46.2 Å². The average Bonchev–Trinajstić information content (AvgIpc) is 3.42. The summed E-state index contributed by atoms with van der Waals surface area (Å²) in [5, 5.41) is 0. The van der Waals surface area contributed by atoms with Crippen molar-refractivity contribution in [1.29, 1.82) is 0 Å². The van der Waals surface area contributed by atoms with Crippen molar-refractivity contribution < 1.29 is 9.00 Å². The highest BCUT2D eigenvalue weighted by atomic mass is 32.2. The molecule has 1 amide bonds. The van der Waals surface area contributed by atoms with E-state index >= 15 is 0 Å². The molecular formula is C29H32N4O2S. The molecule has 2 heterocycles. The Morgan fingerprint density at radius 3 is 2.64 bits per heavy atom. The minimum absolute atomic E-state index is 0.0198. The first-order chi connectivity index (χ1) is 17.6. The van der Waals surface area contributed by atoms with Crippen LogP contribution in [0.5, 0.6) is 0 Å². The van der Waals surface area contributed by atoms with Gasteiger partial charge in [0.1, 0.15) is 11.0 Å². The van der Waals surface area contributed by atoms with Crippen molar-refractivity contribution in [2.75, 3.05) is 35.8 Å². The number of aryl methyl sites for hydroxylation is 1. The van der Waals surface area contributed by atoms with Gasteiger partial charge in [-0.1, -0.05) is 43.7 Å². The maximum atomic E-state index is 13.3. The Kier molecular flexibility index (Phi) is 7.47. The maximum Gasteiger partial charge on any atom is 0.254 e. The third-order valence-corrected chi connectivity index (χ3v) is 7.93. The first-order valence-electron chi connectivity index (χ1n) is 12.7. The summed E-state index contributed by atoms with van der Waals surface area (Å²) in [4.78, 5) is 22.5. The smallest absolute Gasteiger partial charge is 0.254 e. The van der Waals surface area contributed by atoms with Gasteiger partial charge in [0.2, 0.25) is 0 Å². The zero-order valence-corrected chi connectivity index (χ0v) is 21.5. The molecule has 0 spiro atoms.